The number of hydrogen-bond donors (Lipinski definition) is 0. The minimum atomic E-state index is -4.84. The van der Waals surface area contributed by atoms with Crippen LogP contribution in [0.25, 0.3) is 16.6 Å². The Bertz CT molecular complexity index is 1250. The summed E-state index contributed by atoms with van der Waals surface area (Å²) in [4.78, 5) is 25.5. The van der Waals surface area contributed by atoms with Gasteiger partial charge in [0.05, 0.1) is 28.9 Å². The molecule has 0 bridgehead atoms. The third kappa shape index (κ3) is 4.15. The van der Waals surface area contributed by atoms with Crippen molar-refractivity contribution in [2.75, 3.05) is 18.6 Å². The number of hydrogen-bond acceptors (Lipinski definition) is 7. The lowest BCUT2D eigenvalue weighted by atomic mass is 10.2. The summed E-state index contributed by atoms with van der Waals surface area (Å²) in [6, 6.07) is 4.86. The molecule has 3 heterocycles. The van der Waals surface area contributed by atoms with Crippen molar-refractivity contribution >= 4 is 33.6 Å². The first-order valence-corrected chi connectivity index (χ1v) is 11.4. The second kappa shape index (κ2) is 8.06. The SMILES string of the molecule is Cn1c(C(F)(F)F)cc(=O)n(-c2ccc3nsc(C4OCC(C[S+](C)[O-])O4)c3c2)c1=O. The first-order chi connectivity index (χ1) is 14.6. The van der Waals surface area contributed by atoms with Crippen LogP contribution in [0.5, 0.6) is 0 Å². The minimum absolute atomic E-state index is 0.0949. The molecule has 31 heavy (non-hydrogen) atoms. The molecule has 0 aliphatic carbocycles. The van der Waals surface area contributed by atoms with Crippen LogP contribution < -0.4 is 11.2 Å². The van der Waals surface area contributed by atoms with Crippen LogP contribution in [0.3, 0.4) is 0 Å². The van der Waals surface area contributed by atoms with Gasteiger partial charge in [-0.1, -0.05) is 11.2 Å². The van der Waals surface area contributed by atoms with Crippen molar-refractivity contribution in [3.05, 3.63) is 55.7 Å². The number of fused-ring (bicyclic) bond motifs is 1. The number of rotatable bonds is 4. The maximum Gasteiger partial charge on any atom is 0.431 e. The Morgan fingerprint density at radius 2 is 2.06 bits per heavy atom. The zero-order valence-corrected chi connectivity index (χ0v) is 17.8. The van der Waals surface area contributed by atoms with E-state index in [-0.39, 0.29) is 18.4 Å². The van der Waals surface area contributed by atoms with E-state index in [1.54, 1.807) is 12.3 Å². The summed E-state index contributed by atoms with van der Waals surface area (Å²) in [5.41, 5.74) is -2.90. The predicted octanol–water partition coefficient (Wildman–Crippen LogP) is 1.96. The normalized spacial score (nSPS) is 20.5. The van der Waals surface area contributed by atoms with Gasteiger partial charge in [-0.05, 0) is 29.7 Å². The van der Waals surface area contributed by atoms with Crippen LogP contribution in [0.1, 0.15) is 16.9 Å². The van der Waals surface area contributed by atoms with Gasteiger partial charge in [0.1, 0.15) is 17.6 Å². The lowest BCUT2D eigenvalue weighted by molar-refractivity contribution is -0.144. The summed E-state index contributed by atoms with van der Waals surface area (Å²) in [5, 5.41) is 0.541. The van der Waals surface area contributed by atoms with Crippen molar-refractivity contribution in [3.8, 4) is 5.69 Å². The fourth-order valence-corrected chi connectivity index (χ4v) is 4.85. The molecule has 1 aromatic carbocycles. The highest BCUT2D eigenvalue weighted by Gasteiger charge is 2.35. The standard InChI is InChI=1S/C18H16F3N3O5S2/c1-23-13(18(19,20)21)6-14(25)24(17(23)26)9-3-4-12-11(5-9)15(30-22-12)16-28-7-10(29-16)8-31(2)27/h3-6,10,16H,7-8H2,1-2H3. The first kappa shape index (κ1) is 22.0. The molecule has 166 valence electrons. The van der Waals surface area contributed by atoms with E-state index in [1.165, 1.54) is 12.1 Å². The monoisotopic (exact) mass is 475 g/mol. The molecular weight excluding hydrogens is 459 g/mol. The molecule has 1 saturated heterocycles. The fourth-order valence-electron chi connectivity index (χ4n) is 3.33. The highest BCUT2D eigenvalue weighted by Crippen LogP contribution is 2.36. The van der Waals surface area contributed by atoms with E-state index in [4.69, 9.17) is 9.47 Å². The van der Waals surface area contributed by atoms with Gasteiger partial charge in [0.25, 0.3) is 5.56 Å². The molecule has 4 rings (SSSR count). The van der Waals surface area contributed by atoms with Gasteiger partial charge in [-0.2, -0.15) is 17.5 Å². The lowest BCUT2D eigenvalue weighted by Crippen LogP contribution is -2.40. The molecule has 0 N–H and O–H groups in total. The molecule has 3 aromatic rings. The summed E-state index contributed by atoms with van der Waals surface area (Å²) in [5.74, 6) is 0.315. The van der Waals surface area contributed by atoms with Crippen molar-refractivity contribution in [2.45, 2.75) is 18.6 Å². The van der Waals surface area contributed by atoms with E-state index in [2.05, 4.69) is 4.37 Å². The molecule has 1 aliphatic rings. The fraction of sp³-hybridized carbons (Fsp3) is 0.389. The van der Waals surface area contributed by atoms with E-state index in [9.17, 15) is 27.3 Å². The van der Waals surface area contributed by atoms with E-state index >= 15 is 0 Å². The van der Waals surface area contributed by atoms with Crippen LogP contribution in [0.2, 0.25) is 0 Å². The minimum Gasteiger partial charge on any atom is -0.616 e. The van der Waals surface area contributed by atoms with Crippen molar-refractivity contribution < 1.29 is 27.2 Å². The number of ether oxygens (including phenoxy) is 2. The van der Waals surface area contributed by atoms with Crippen LogP contribution in [-0.4, -0.2) is 42.8 Å². The topological polar surface area (TPSA) is 98.4 Å². The molecule has 13 heteroatoms. The summed E-state index contributed by atoms with van der Waals surface area (Å²) in [6.45, 7) is 0.252. The van der Waals surface area contributed by atoms with Gasteiger partial charge in [-0.3, -0.25) is 9.36 Å². The zero-order valence-electron chi connectivity index (χ0n) is 16.2. The van der Waals surface area contributed by atoms with Crippen LogP contribution in [0, 0.1) is 0 Å². The highest BCUT2D eigenvalue weighted by atomic mass is 32.2. The number of alkyl halides is 3. The zero-order chi connectivity index (χ0) is 22.5. The van der Waals surface area contributed by atoms with Crippen molar-refractivity contribution in [2.24, 2.45) is 7.05 Å². The Morgan fingerprint density at radius 3 is 2.74 bits per heavy atom. The summed E-state index contributed by atoms with van der Waals surface area (Å²) in [7, 11) is 0.954. The van der Waals surface area contributed by atoms with Gasteiger partial charge in [0.15, 0.2) is 6.29 Å². The number of nitrogens with zero attached hydrogens (tertiary/aromatic N) is 3. The maximum absolute atomic E-state index is 13.1. The molecule has 1 aliphatic heterocycles. The molecular formula is C18H16F3N3O5S2. The van der Waals surface area contributed by atoms with Gasteiger partial charge in [-0.25, -0.2) is 9.36 Å². The third-order valence-electron chi connectivity index (χ3n) is 4.74. The molecule has 0 spiro atoms. The van der Waals surface area contributed by atoms with Crippen LogP contribution in [-0.2, 0) is 33.9 Å². The van der Waals surface area contributed by atoms with Crippen molar-refractivity contribution in [1.82, 2.24) is 13.5 Å². The summed E-state index contributed by atoms with van der Waals surface area (Å²) in [6.07, 6.45) is -4.38. The van der Waals surface area contributed by atoms with E-state index in [1.807, 2.05) is 0 Å². The first-order valence-electron chi connectivity index (χ1n) is 8.93. The van der Waals surface area contributed by atoms with E-state index < -0.39 is 40.6 Å². The Morgan fingerprint density at radius 1 is 1.32 bits per heavy atom. The largest absolute Gasteiger partial charge is 0.616 e. The van der Waals surface area contributed by atoms with Crippen molar-refractivity contribution in [3.63, 3.8) is 0 Å². The van der Waals surface area contributed by atoms with Gasteiger partial charge in [0, 0.05) is 18.5 Å². The molecule has 3 unspecified atom stereocenters. The molecule has 1 fully saturated rings. The molecule has 0 radical (unpaired) electrons. The molecule has 0 amide bonds. The molecule has 3 atom stereocenters. The van der Waals surface area contributed by atoms with Crippen molar-refractivity contribution in [1.29, 1.82) is 0 Å². The van der Waals surface area contributed by atoms with Crippen LogP contribution in [0.15, 0.2) is 33.9 Å². The van der Waals surface area contributed by atoms with Gasteiger partial charge < -0.3 is 14.0 Å². The highest BCUT2D eigenvalue weighted by molar-refractivity contribution is 7.90. The third-order valence-corrected chi connectivity index (χ3v) is 6.48. The van der Waals surface area contributed by atoms with Gasteiger partial charge in [0.2, 0.25) is 0 Å². The van der Waals surface area contributed by atoms with Crippen LogP contribution >= 0.6 is 11.5 Å². The Balaban J connectivity index is 1.76. The number of benzene rings is 1. The molecule has 2 aromatic heterocycles. The van der Waals surface area contributed by atoms with Gasteiger partial charge >= 0.3 is 11.9 Å². The number of halogens is 3. The summed E-state index contributed by atoms with van der Waals surface area (Å²) >= 11 is 0.0457. The summed E-state index contributed by atoms with van der Waals surface area (Å²) < 4.78 is 67.4. The quantitative estimate of drug-likeness (QED) is 0.535. The van der Waals surface area contributed by atoms with E-state index in [0.29, 0.717) is 36.7 Å². The Kier molecular flexibility index (Phi) is 5.72. The van der Waals surface area contributed by atoms with Gasteiger partial charge in [-0.15, -0.1) is 0 Å². The average Bonchev–Trinajstić information content (AvgIpc) is 3.29. The lowest BCUT2D eigenvalue weighted by Gasteiger charge is -2.14. The average molecular weight is 475 g/mol. The Hall–Kier alpha value is -2.19. The number of aromatic nitrogens is 3. The second-order valence-electron chi connectivity index (χ2n) is 6.95. The van der Waals surface area contributed by atoms with Crippen LogP contribution in [0.4, 0.5) is 13.2 Å². The predicted molar refractivity (Wildman–Crippen MR) is 108 cm³/mol. The Labute approximate surface area is 180 Å². The van der Waals surface area contributed by atoms with E-state index in [0.717, 1.165) is 18.6 Å². The smallest absolute Gasteiger partial charge is 0.431 e. The molecule has 0 saturated carbocycles. The second-order valence-corrected chi connectivity index (χ2v) is 9.24. The maximum atomic E-state index is 13.1. The molecule has 8 nitrogen and oxygen atoms in total.